The van der Waals surface area contributed by atoms with E-state index in [1.165, 1.54) is 11.1 Å². The molecule has 4 heteroatoms. The SMILES string of the molecule is Cc1ccccc1C1CCN(C(=O)c2cc3ccccc3o2)CCS1. The van der Waals surface area contributed by atoms with Gasteiger partial charge in [-0.1, -0.05) is 42.5 Å². The van der Waals surface area contributed by atoms with Crippen molar-refractivity contribution in [2.45, 2.75) is 18.6 Å². The van der Waals surface area contributed by atoms with Crippen LogP contribution in [-0.2, 0) is 0 Å². The van der Waals surface area contributed by atoms with Crippen molar-refractivity contribution in [3.8, 4) is 0 Å². The maximum Gasteiger partial charge on any atom is 0.289 e. The summed E-state index contributed by atoms with van der Waals surface area (Å²) >= 11 is 1.95. The number of rotatable bonds is 2. The highest BCUT2D eigenvalue weighted by atomic mass is 32.2. The van der Waals surface area contributed by atoms with Crippen molar-refractivity contribution in [1.29, 1.82) is 0 Å². The van der Waals surface area contributed by atoms with Crippen LogP contribution in [-0.4, -0.2) is 29.6 Å². The fourth-order valence-electron chi connectivity index (χ4n) is 3.41. The molecule has 2 heterocycles. The molecule has 25 heavy (non-hydrogen) atoms. The largest absolute Gasteiger partial charge is 0.451 e. The molecule has 0 N–H and O–H groups in total. The Morgan fingerprint density at radius 2 is 1.92 bits per heavy atom. The summed E-state index contributed by atoms with van der Waals surface area (Å²) in [6.07, 6.45) is 0.974. The number of nitrogens with zero attached hydrogens (tertiary/aromatic N) is 1. The summed E-state index contributed by atoms with van der Waals surface area (Å²) in [5.41, 5.74) is 3.50. The van der Waals surface area contributed by atoms with Crippen molar-refractivity contribution in [3.05, 3.63) is 71.5 Å². The van der Waals surface area contributed by atoms with E-state index in [0.717, 1.165) is 36.2 Å². The second-order valence-electron chi connectivity index (χ2n) is 6.45. The smallest absolute Gasteiger partial charge is 0.289 e. The van der Waals surface area contributed by atoms with Gasteiger partial charge in [0.1, 0.15) is 5.58 Å². The molecule has 0 aliphatic carbocycles. The van der Waals surface area contributed by atoms with Crippen LogP contribution in [0.4, 0.5) is 0 Å². The second-order valence-corrected chi connectivity index (χ2v) is 7.76. The third-order valence-corrected chi connectivity index (χ3v) is 6.11. The van der Waals surface area contributed by atoms with E-state index in [-0.39, 0.29) is 5.91 Å². The molecule has 3 aromatic rings. The van der Waals surface area contributed by atoms with Crippen LogP contribution in [0.3, 0.4) is 0 Å². The van der Waals surface area contributed by atoms with Crippen molar-refractivity contribution in [2.75, 3.05) is 18.8 Å². The number of para-hydroxylation sites is 1. The first kappa shape index (κ1) is 16.3. The number of hydrogen-bond donors (Lipinski definition) is 0. The zero-order valence-electron chi connectivity index (χ0n) is 14.3. The predicted octanol–water partition coefficient (Wildman–Crippen LogP) is 5.06. The Kier molecular flexibility index (Phi) is 4.53. The zero-order chi connectivity index (χ0) is 17.2. The van der Waals surface area contributed by atoms with E-state index < -0.39 is 0 Å². The van der Waals surface area contributed by atoms with E-state index in [0.29, 0.717) is 11.0 Å². The quantitative estimate of drug-likeness (QED) is 0.647. The molecule has 1 aliphatic rings. The van der Waals surface area contributed by atoms with Gasteiger partial charge in [0.2, 0.25) is 0 Å². The highest BCUT2D eigenvalue weighted by molar-refractivity contribution is 7.99. The maximum atomic E-state index is 12.9. The molecular weight excluding hydrogens is 330 g/mol. The molecule has 1 aliphatic heterocycles. The van der Waals surface area contributed by atoms with Crippen LogP contribution in [0.15, 0.2) is 59.0 Å². The van der Waals surface area contributed by atoms with Gasteiger partial charge in [-0.05, 0) is 36.6 Å². The van der Waals surface area contributed by atoms with Gasteiger partial charge in [0.15, 0.2) is 5.76 Å². The van der Waals surface area contributed by atoms with Gasteiger partial charge >= 0.3 is 0 Å². The molecule has 1 fully saturated rings. The molecule has 0 saturated carbocycles. The summed E-state index contributed by atoms with van der Waals surface area (Å²) in [7, 11) is 0. The lowest BCUT2D eigenvalue weighted by atomic mass is 10.0. The third kappa shape index (κ3) is 3.31. The van der Waals surface area contributed by atoms with E-state index in [9.17, 15) is 4.79 Å². The molecule has 2 aromatic carbocycles. The minimum absolute atomic E-state index is 0.00207. The topological polar surface area (TPSA) is 33.5 Å². The van der Waals surface area contributed by atoms with Gasteiger partial charge in [0.05, 0.1) is 0 Å². The molecule has 1 amide bonds. The highest BCUT2D eigenvalue weighted by Crippen LogP contribution is 2.36. The molecule has 1 saturated heterocycles. The average molecular weight is 351 g/mol. The van der Waals surface area contributed by atoms with E-state index in [2.05, 4.69) is 31.2 Å². The van der Waals surface area contributed by atoms with Gasteiger partial charge in [0, 0.05) is 29.5 Å². The monoisotopic (exact) mass is 351 g/mol. The van der Waals surface area contributed by atoms with Crippen molar-refractivity contribution in [1.82, 2.24) is 4.90 Å². The molecule has 1 aromatic heterocycles. The van der Waals surface area contributed by atoms with Gasteiger partial charge in [-0.15, -0.1) is 0 Å². The molecule has 3 nitrogen and oxygen atoms in total. The van der Waals surface area contributed by atoms with Crippen LogP contribution in [0.2, 0.25) is 0 Å². The number of amides is 1. The highest BCUT2D eigenvalue weighted by Gasteiger charge is 2.25. The van der Waals surface area contributed by atoms with Crippen molar-refractivity contribution < 1.29 is 9.21 Å². The standard InChI is InChI=1S/C21H21NO2S/c1-15-6-2-4-8-17(15)20-10-11-22(12-13-25-20)21(23)19-14-16-7-3-5-9-18(16)24-19/h2-9,14,20H,10-13H2,1H3. The lowest BCUT2D eigenvalue weighted by molar-refractivity contribution is 0.0737. The number of furan rings is 1. The molecular formula is C21H21NO2S. The van der Waals surface area contributed by atoms with Gasteiger partial charge < -0.3 is 9.32 Å². The van der Waals surface area contributed by atoms with Crippen LogP contribution in [0.25, 0.3) is 11.0 Å². The van der Waals surface area contributed by atoms with Crippen molar-refractivity contribution in [2.24, 2.45) is 0 Å². The van der Waals surface area contributed by atoms with Crippen molar-refractivity contribution in [3.63, 3.8) is 0 Å². The number of benzene rings is 2. The molecule has 0 spiro atoms. The summed E-state index contributed by atoms with van der Waals surface area (Å²) in [5, 5.41) is 1.43. The van der Waals surface area contributed by atoms with E-state index in [1.54, 1.807) is 0 Å². The molecule has 1 unspecified atom stereocenters. The average Bonchev–Trinajstić information content (AvgIpc) is 2.92. The number of aryl methyl sites for hydroxylation is 1. The number of thioether (sulfide) groups is 1. The Morgan fingerprint density at radius 3 is 2.76 bits per heavy atom. The van der Waals surface area contributed by atoms with Crippen LogP contribution in [0.1, 0.15) is 33.4 Å². The predicted molar refractivity (Wildman–Crippen MR) is 103 cm³/mol. The van der Waals surface area contributed by atoms with Crippen LogP contribution in [0.5, 0.6) is 0 Å². The maximum absolute atomic E-state index is 12.9. The molecule has 0 radical (unpaired) electrons. The van der Waals surface area contributed by atoms with Crippen LogP contribution >= 0.6 is 11.8 Å². The Hall–Kier alpha value is -2.20. The first-order chi connectivity index (χ1) is 12.2. The van der Waals surface area contributed by atoms with Gasteiger partial charge in [-0.25, -0.2) is 0 Å². The van der Waals surface area contributed by atoms with Gasteiger partial charge in [-0.3, -0.25) is 4.79 Å². The second kappa shape index (κ2) is 6.96. The molecule has 0 bridgehead atoms. The Bertz CT molecular complexity index is 869. The summed E-state index contributed by atoms with van der Waals surface area (Å²) < 4.78 is 5.76. The van der Waals surface area contributed by atoms with Crippen LogP contribution in [0, 0.1) is 6.92 Å². The van der Waals surface area contributed by atoms with Gasteiger partial charge in [0.25, 0.3) is 5.91 Å². The summed E-state index contributed by atoms with van der Waals surface area (Å²) in [4.78, 5) is 14.8. The Morgan fingerprint density at radius 1 is 1.12 bits per heavy atom. The van der Waals surface area contributed by atoms with E-state index in [4.69, 9.17) is 4.42 Å². The number of hydrogen-bond acceptors (Lipinski definition) is 3. The minimum atomic E-state index is 0.00207. The lowest BCUT2D eigenvalue weighted by Gasteiger charge is -2.19. The first-order valence-electron chi connectivity index (χ1n) is 8.67. The summed E-state index contributed by atoms with van der Waals surface area (Å²) in [6.45, 7) is 3.70. The van der Waals surface area contributed by atoms with Crippen molar-refractivity contribution >= 4 is 28.6 Å². The fraction of sp³-hybridized carbons (Fsp3) is 0.286. The summed E-state index contributed by atoms with van der Waals surface area (Å²) in [6, 6.07) is 18.2. The number of fused-ring (bicyclic) bond motifs is 1. The minimum Gasteiger partial charge on any atom is -0.451 e. The summed E-state index contributed by atoms with van der Waals surface area (Å²) in [5.74, 6) is 1.40. The van der Waals surface area contributed by atoms with E-state index >= 15 is 0 Å². The Balaban J connectivity index is 1.50. The number of carbonyl (C=O) groups is 1. The zero-order valence-corrected chi connectivity index (χ0v) is 15.1. The molecule has 4 rings (SSSR count). The third-order valence-electron chi connectivity index (χ3n) is 4.80. The fourth-order valence-corrected chi connectivity index (χ4v) is 4.74. The lowest BCUT2D eigenvalue weighted by Crippen LogP contribution is -2.32. The Labute approximate surface area is 152 Å². The molecule has 128 valence electrons. The number of carbonyl (C=O) groups excluding carboxylic acids is 1. The molecule has 1 atom stereocenters. The first-order valence-corrected chi connectivity index (χ1v) is 9.72. The van der Waals surface area contributed by atoms with Gasteiger partial charge in [-0.2, -0.15) is 11.8 Å². The van der Waals surface area contributed by atoms with Crippen LogP contribution < -0.4 is 0 Å². The van der Waals surface area contributed by atoms with E-state index in [1.807, 2.05) is 47.0 Å². The normalized spacial score (nSPS) is 18.3.